The molecule has 0 saturated heterocycles. The lowest BCUT2D eigenvalue weighted by Gasteiger charge is -2.22. The molecule has 0 aliphatic heterocycles. The SMILES string of the molecule is C[CH]N.O=C(N[C@H](CO)[C@H](O)c1ccc([N+](=O)[O-])cc1)C(Cl)Cl. The van der Waals surface area contributed by atoms with E-state index in [-0.39, 0.29) is 5.69 Å². The summed E-state index contributed by atoms with van der Waals surface area (Å²) in [5, 5.41) is 31.9. The van der Waals surface area contributed by atoms with Crippen LogP contribution in [0.15, 0.2) is 24.3 Å². The molecule has 23 heavy (non-hydrogen) atoms. The van der Waals surface area contributed by atoms with Gasteiger partial charge in [-0.15, -0.1) is 0 Å². The van der Waals surface area contributed by atoms with Gasteiger partial charge in [0.2, 0.25) is 0 Å². The monoisotopic (exact) mass is 366 g/mol. The van der Waals surface area contributed by atoms with Crippen LogP contribution >= 0.6 is 23.2 Å². The van der Waals surface area contributed by atoms with Crippen LogP contribution in [0.4, 0.5) is 5.69 Å². The highest BCUT2D eigenvalue weighted by Crippen LogP contribution is 2.20. The van der Waals surface area contributed by atoms with Gasteiger partial charge in [0.25, 0.3) is 11.6 Å². The summed E-state index contributed by atoms with van der Waals surface area (Å²) in [5.74, 6) is -0.756. The molecule has 8 nitrogen and oxygen atoms in total. The van der Waals surface area contributed by atoms with E-state index in [9.17, 15) is 20.0 Å². The van der Waals surface area contributed by atoms with Crippen molar-refractivity contribution in [3.8, 4) is 0 Å². The highest BCUT2D eigenvalue weighted by molar-refractivity contribution is 6.53. The van der Waals surface area contributed by atoms with E-state index in [0.717, 1.165) is 0 Å². The molecule has 0 fully saturated rings. The third-order valence-corrected chi connectivity index (χ3v) is 2.95. The molecule has 129 valence electrons. The zero-order valence-electron chi connectivity index (χ0n) is 12.2. The van der Waals surface area contributed by atoms with Gasteiger partial charge in [-0.3, -0.25) is 14.9 Å². The number of rotatable bonds is 6. The fraction of sp³-hybridized carbons (Fsp3) is 0.385. The third kappa shape index (κ3) is 7.58. The number of nitrogens with one attached hydrogen (secondary N) is 1. The van der Waals surface area contributed by atoms with Crippen LogP contribution < -0.4 is 11.1 Å². The highest BCUT2D eigenvalue weighted by atomic mass is 35.5. The van der Waals surface area contributed by atoms with Gasteiger partial charge in [0.1, 0.15) is 6.10 Å². The Morgan fingerprint density at radius 3 is 2.26 bits per heavy atom. The van der Waals surface area contributed by atoms with Crippen molar-refractivity contribution in [1.29, 1.82) is 0 Å². The number of alkyl halides is 2. The molecular weight excluding hydrogens is 349 g/mol. The Morgan fingerprint density at radius 1 is 1.43 bits per heavy atom. The second kappa shape index (κ2) is 11.1. The summed E-state index contributed by atoms with van der Waals surface area (Å²) in [6.45, 7) is 2.73. The first-order chi connectivity index (χ1) is 10.8. The number of carbonyl (C=O) groups is 1. The molecule has 0 heterocycles. The van der Waals surface area contributed by atoms with Crippen molar-refractivity contribution in [2.24, 2.45) is 5.73 Å². The highest BCUT2D eigenvalue weighted by Gasteiger charge is 2.24. The Hall–Kier alpha value is -1.45. The number of aliphatic hydroxyl groups is 2. The molecule has 0 aromatic heterocycles. The van der Waals surface area contributed by atoms with Crippen LogP contribution in [0.1, 0.15) is 18.6 Å². The number of non-ortho nitro benzene ring substituents is 1. The number of aliphatic hydroxyl groups excluding tert-OH is 2. The fourth-order valence-electron chi connectivity index (χ4n) is 1.50. The number of nitro groups is 1. The molecule has 1 amide bonds. The number of hydrogen-bond acceptors (Lipinski definition) is 6. The minimum absolute atomic E-state index is 0.132. The van der Waals surface area contributed by atoms with Crippen molar-refractivity contribution in [3.63, 3.8) is 0 Å². The molecule has 0 spiro atoms. The smallest absolute Gasteiger partial charge is 0.269 e. The third-order valence-electron chi connectivity index (χ3n) is 2.55. The minimum atomic E-state index is -1.33. The number of carbonyl (C=O) groups excluding carboxylic acids is 1. The Balaban J connectivity index is 0.00000149. The maximum absolute atomic E-state index is 11.3. The maximum atomic E-state index is 11.3. The first kappa shape index (κ1) is 21.6. The zero-order valence-corrected chi connectivity index (χ0v) is 13.7. The van der Waals surface area contributed by atoms with Gasteiger partial charge < -0.3 is 21.3 Å². The van der Waals surface area contributed by atoms with Gasteiger partial charge in [-0.05, 0) is 24.6 Å². The second-order valence-electron chi connectivity index (χ2n) is 4.23. The zero-order chi connectivity index (χ0) is 18.0. The van der Waals surface area contributed by atoms with Gasteiger partial charge in [-0.2, -0.15) is 0 Å². The number of nitrogens with two attached hydrogens (primary N) is 1. The molecule has 2 atom stereocenters. The predicted molar refractivity (Wildman–Crippen MR) is 86.7 cm³/mol. The number of amides is 1. The first-order valence-electron chi connectivity index (χ1n) is 6.39. The normalized spacial score (nSPS) is 12.8. The average molecular weight is 367 g/mol. The van der Waals surface area contributed by atoms with E-state index in [2.05, 4.69) is 5.32 Å². The molecule has 0 aliphatic carbocycles. The number of hydrogen-bond donors (Lipinski definition) is 4. The van der Waals surface area contributed by atoms with Gasteiger partial charge in [0, 0.05) is 18.7 Å². The van der Waals surface area contributed by atoms with Gasteiger partial charge in [0.15, 0.2) is 4.84 Å². The molecule has 5 N–H and O–H groups in total. The molecule has 0 bridgehead atoms. The molecule has 10 heteroatoms. The van der Waals surface area contributed by atoms with Crippen molar-refractivity contribution in [1.82, 2.24) is 5.32 Å². The summed E-state index contributed by atoms with van der Waals surface area (Å²) < 4.78 is 0. The summed E-state index contributed by atoms with van der Waals surface area (Å²) in [6, 6.07) is 4.05. The van der Waals surface area contributed by atoms with E-state index in [4.69, 9.17) is 34.0 Å². The van der Waals surface area contributed by atoms with Crippen LogP contribution in [0.25, 0.3) is 0 Å². The predicted octanol–water partition coefficient (Wildman–Crippen LogP) is 1.04. The fourth-order valence-corrected chi connectivity index (χ4v) is 1.62. The molecule has 0 saturated carbocycles. The molecule has 0 aliphatic rings. The largest absolute Gasteiger partial charge is 0.394 e. The van der Waals surface area contributed by atoms with Gasteiger partial charge in [0.05, 0.1) is 17.6 Å². The van der Waals surface area contributed by atoms with Crippen molar-refractivity contribution >= 4 is 34.8 Å². The molecule has 0 unspecified atom stereocenters. The average Bonchev–Trinajstić information content (AvgIpc) is 2.52. The second-order valence-corrected chi connectivity index (χ2v) is 5.32. The summed E-state index contributed by atoms with van der Waals surface area (Å²) in [4.78, 5) is 19.9. The number of benzene rings is 1. The lowest BCUT2D eigenvalue weighted by molar-refractivity contribution is -0.384. The van der Waals surface area contributed by atoms with E-state index in [0.29, 0.717) is 5.56 Å². The molecule has 1 rings (SSSR count). The summed E-state index contributed by atoms with van der Waals surface area (Å²) in [5.41, 5.74) is 4.89. The summed E-state index contributed by atoms with van der Waals surface area (Å²) in [6.07, 6.45) is -1.25. The van der Waals surface area contributed by atoms with Crippen LogP contribution in [0.5, 0.6) is 0 Å². The Kier molecular flexibility index (Phi) is 10.4. The van der Waals surface area contributed by atoms with E-state index >= 15 is 0 Å². The van der Waals surface area contributed by atoms with E-state index in [1.54, 1.807) is 6.92 Å². The van der Waals surface area contributed by atoms with Crippen molar-refractivity contribution in [2.75, 3.05) is 6.61 Å². The Labute approximate surface area is 143 Å². The Morgan fingerprint density at radius 2 is 1.91 bits per heavy atom. The summed E-state index contributed by atoms with van der Waals surface area (Å²) in [7, 11) is 0. The molecule has 1 radical (unpaired) electrons. The van der Waals surface area contributed by atoms with Gasteiger partial charge in [-0.25, -0.2) is 0 Å². The van der Waals surface area contributed by atoms with Crippen LogP contribution in [-0.2, 0) is 4.79 Å². The minimum Gasteiger partial charge on any atom is -0.394 e. The topological polar surface area (TPSA) is 139 Å². The van der Waals surface area contributed by atoms with Crippen molar-refractivity contribution < 1.29 is 19.9 Å². The summed E-state index contributed by atoms with van der Waals surface area (Å²) >= 11 is 10.7. The van der Waals surface area contributed by atoms with E-state index < -0.39 is 34.4 Å². The number of nitro benzene ring substituents is 1. The molecular formula is C13H18Cl2N3O5. The molecule has 1 aromatic rings. The number of halogens is 2. The van der Waals surface area contributed by atoms with Crippen molar-refractivity contribution in [2.45, 2.75) is 23.9 Å². The molecule has 1 aromatic carbocycles. The van der Waals surface area contributed by atoms with Gasteiger partial charge >= 0.3 is 0 Å². The van der Waals surface area contributed by atoms with Crippen LogP contribution in [-0.4, -0.2) is 38.5 Å². The van der Waals surface area contributed by atoms with E-state index in [1.165, 1.54) is 30.8 Å². The maximum Gasteiger partial charge on any atom is 0.269 e. The standard InChI is InChI=1S/C11H12Cl2N2O5.C2H6N/c12-10(13)11(18)14-8(5-16)9(17)6-1-3-7(4-2-6)15(19)20;1-2-3/h1-4,8-10,16-17H,5H2,(H,14,18);2H,3H2,1H3/t8-,9-;/m1./s1. The van der Waals surface area contributed by atoms with Crippen LogP contribution in [0.3, 0.4) is 0 Å². The number of nitrogens with zero attached hydrogens (tertiary/aromatic N) is 1. The van der Waals surface area contributed by atoms with Crippen LogP contribution in [0, 0.1) is 16.7 Å². The quantitative estimate of drug-likeness (QED) is 0.337. The lowest BCUT2D eigenvalue weighted by atomic mass is 10.0. The van der Waals surface area contributed by atoms with Crippen LogP contribution in [0.2, 0.25) is 0 Å². The van der Waals surface area contributed by atoms with E-state index in [1.807, 2.05) is 0 Å². The first-order valence-corrected chi connectivity index (χ1v) is 7.27. The van der Waals surface area contributed by atoms with Gasteiger partial charge in [-0.1, -0.05) is 23.2 Å². The Bertz CT molecular complexity index is 499. The lowest BCUT2D eigenvalue weighted by Crippen LogP contribution is -2.44. The van der Waals surface area contributed by atoms with Crippen molar-refractivity contribution in [3.05, 3.63) is 46.5 Å².